The molecule has 6 nitrogen and oxygen atoms in total. The number of hydrogen-bond donors (Lipinski definition) is 1. The van der Waals surface area contributed by atoms with Gasteiger partial charge in [0.1, 0.15) is 0 Å². The Morgan fingerprint density at radius 3 is 2.84 bits per heavy atom. The number of rotatable bonds is 4. The number of aliphatic imine (C=N–C) groups is 1. The molecule has 25 heavy (non-hydrogen) atoms. The molecule has 1 aromatic rings. The summed E-state index contributed by atoms with van der Waals surface area (Å²) >= 11 is 1.67. The second-order valence-corrected chi connectivity index (χ2v) is 7.40. The third-order valence-electron chi connectivity index (χ3n) is 4.68. The smallest absolute Gasteiger partial charge is 0.227 e. The third-order valence-corrected chi connectivity index (χ3v) is 5.59. The average molecular weight is 358 g/mol. The Morgan fingerprint density at radius 2 is 2.20 bits per heavy atom. The summed E-state index contributed by atoms with van der Waals surface area (Å²) in [5, 5.41) is 5.32. The molecular formula is C18H22N4O2S. The molecule has 2 fully saturated rings. The summed E-state index contributed by atoms with van der Waals surface area (Å²) in [6, 6.07) is 8.09. The molecule has 0 spiro atoms. The summed E-state index contributed by atoms with van der Waals surface area (Å²) in [7, 11) is 0. The summed E-state index contributed by atoms with van der Waals surface area (Å²) in [6.45, 7) is 2.39. The van der Waals surface area contributed by atoms with Crippen molar-refractivity contribution in [3.8, 4) is 0 Å². The molecule has 4 rings (SSSR count). The van der Waals surface area contributed by atoms with Gasteiger partial charge in [0.25, 0.3) is 0 Å². The lowest BCUT2D eigenvalue weighted by Gasteiger charge is -2.18. The molecule has 0 bridgehead atoms. The van der Waals surface area contributed by atoms with Crippen molar-refractivity contribution in [2.45, 2.75) is 31.8 Å². The van der Waals surface area contributed by atoms with E-state index in [1.54, 1.807) is 11.8 Å². The molecule has 3 aliphatic heterocycles. The Balaban J connectivity index is 1.37. The molecule has 0 aromatic heterocycles. The summed E-state index contributed by atoms with van der Waals surface area (Å²) in [4.78, 5) is 18.2. The molecule has 2 saturated heterocycles. The zero-order valence-corrected chi connectivity index (χ0v) is 14.9. The van der Waals surface area contributed by atoms with Crippen LogP contribution in [0.2, 0.25) is 0 Å². The van der Waals surface area contributed by atoms with Gasteiger partial charge in [-0.2, -0.15) is 5.10 Å². The zero-order chi connectivity index (χ0) is 17.1. The number of anilines is 1. The van der Waals surface area contributed by atoms with Crippen LogP contribution >= 0.6 is 11.8 Å². The zero-order valence-electron chi connectivity index (χ0n) is 14.1. The highest BCUT2D eigenvalue weighted by Crippen LogP contribution is 2.23. The fourth-order valence-electron chi connectivity index (χ4n) is 3.27. The molecular weight excluding hydrogens is 336 g/mol. The fourth-order valence-corrected chi connectivity index (χ4v) is 4.05. The first-order valence-electron chi connectivity index (χ1n) is 8.82. The van der Waals surface area contributed by atoms with Crippen LogP contribution in [0, 0.1) is 0 Å². The van der Waals surface area contributed by atoms with Crippen molar-refractivity contribution in [2.75, 3.05) is 30.3 Å². The highest BCUT2D eigenvalue weighted by molar-refractivity contribution is 8.14. The molecule has 1 amide bonds. The second kappa shape index (κ2) is 7.58. The molecule has 7 heteroatoms. The SMILES string of the molecule is O=C1CCCN1c1ccc(C2=NNC(=NC[C@@H]3CCCO3)SC2)cc1. The second-order valence-electron chi connectivity index (χ2n) is 6.44. The maximum atomic E-state index is 11.8. The minimum absolute atomic E-state index is 0.215. The van der Waals surface area contributed by atoms with E-state index in [0.29, 0.717) is 13.0 Å². The number of thioether (sulfide) groups is 1. The minimum atomic E-state index is 0.215. The summed E-state index contributed by atoms with van der Waals surface area (Å²) in [5.74, 6) is 1.01. The fraction of sp³-hybridized carbons (Fsp3) is 0.500. The van der Waals surface area contributed by atoms with Crippen molar-refractivity contribution in [1.29, 1.82) is 0 Å². The number of amides is 1. The van der Waals surface area contributed by atoms with Crippen LogP contribution in [0.3, 0.4) is 0 Å². The number of ether oxygens (including phenoxy) is 1. The first kappa shape index (κ1) is 16.6. The quantitative estimate of drug-likeness (QED) is 0.897. The van der Waals surface area contributed by atoms with Crippen LogP contribution in [0.4, 0.5) is 5.69 Å². The lowest BCUT2D eigenvalue weighted by Crippen LogP contribution is -2.27. The van der Waals surface area contributed by atoms with Crippen molar-refractivity contribution in [3.05, 3.63) is 29.8 Å². The summed E-state index contributed by atoms with van der Waals surface area (Å²) in [5.41, 5.74) is 6.10. The van der Waals surface area contributed by atoms with E-state index in [1.165, 1.54) is 0 Å². The predicted molar refractivity (Wildman–Crippen MR) is 101 cm³/mol. The Kier molecular flexibility index (Phi) is 5.03. The van der Waals surface area contributed by atoms with E-state index in [-0.39, 0.29) is 12.0 Å². The molecule has 1 atom stereocenters. The van der Waals surface area contributed by atoms with E-state index in [2.05, 4.69) is 15.5 Å². The molecule has 3 aliphatic rings. The Bertz CT molecular complexity index is 696. The maximum absolute atomic E-state index is 11.8. The monoisotopic (exact) mass is 358 g/mol. The van der Waals surface area contributed by atoms with Crippen molar-refractivity contribution in [3.63, 3.8) is 0 Å². The molecule has 0 aliphatic carbocycles. The van der Waals surface area contributed by atoms with Crippen molar-refractivity contribution < 1.29 is 9.53 Å². The Morgan fingerprint density at radius 1 is 1.32 bits per heavy atom. The van der Waals surface area contributed by atoms with Crippen LogP contribution in [0.5, 0.6) is 0 Å². The predicted octanol–water partition coefficient (Wildman–Crippen LogP) is 2.39. The van der Waals surface area contributed by atoms with Gasteiger partial charge in [-0.25, -0.2) is 0 Å². The van der Waals surface area contributed by atoms with Gasteiger partial charge < -0.3 is 9.64 Å². The van der Waals surface area contributed by atoms with Gasteiger partial charge in [-0.3, -0.25) is 15.2 Å². The molecule has 0 unspecified atom stereocenters. The van der Waals surface area contributed by atoms with Gasteiger partial charge in [0.2, 0.25) is 5.91 Å². The number of hydrogen-bond acceptors (Lipinski definition) is 5. The van der Waals surface area contributed by atoms with Gasteiger partial charge in [-0.1, -0.05) is 23.9 Å². The van der Waals surface area contributed by atoms with Crippen LogP contribution in [-0.2, 0) is 9.53 Å². The highest BCUT2D eigenvalue weighted by Gasteiger charge is 2.22. The number of hydrazone groups is 1. The molecule has 0 radical (unpaired) electrons. The highest BCUT2D eigenvalue weighted by atomic mass is 32.2. The standard InChI is InChI=1S/C18H22N4O2S/c23-17-4-1-9-22(17)14-7-5-13(6-8-14)16-12-25-18(21-20-16)19-11-15-3-2-10-24-15/h5-8,15H,1-4,9-12H2,(H,19,21)/t15-/m0/s1. The van der Waals surface area contributed by atoms with Gasteiger partial charge in [0.15, 0.2) is 5.17 Å². The van der Waals surface area contributed by atoms with E-state index >= 15 is 0 Å². The van der Waals surface area contributed by atoms with Crippen LogP contribution < -0.4 is 10.3 Å². The lowest BCUT2D eigenvalue weighted by atomic mass is 10.1. The van der Waals surface area contributed by atoms with Gasteiger partial charge in [0.05, 0.1) is 18.4 Å². The molecule has 0 saturated carbocycles. The number of nitrogens with zero attached hydrogens (tertiary/aromatic N) is 3. The normalized spacial score (nSPS) is 25.4. The minimum Gasteiger partial charge on any atom is -0.376 e. The van der Waals surface area contributed by atoms with E-state index < -0.39 is 0 Å². The largest absolute Gasteiger partial charge is 0.376 e. The summed E-state index contributed by atoms with van der Waals surface area (Å²) in [6.07, 6.45) is 4.10. The van der Waals surface area contributed by atoms with Gasteiger partial charge >= 0.3 is 0 Å². The van der Waals surface area contributed by atoms with E-state index in [0.717, 1.165) is 60.3 Å². The first-order chi connectivity index (χ1) is 12.3. The maximum Gasteiger partial charge on any atom is 0.227 e. The van der Waals surface area contributed by atoms with Gasteiger partial charge in [-0.15, -0.1) is 0 Å². The van der Waals surface area contributed by atoms with Crippen LogP contribution in [0.1, 0.15) is 31.2 Å². The van der Waals surface area contributed by atoms with E-state index in [1.807, 2.05) is 29.2 Å². The number of nitrogens with one attached hydrogen (secondary N) is 1. The van der Waals surface area contributed by atoms with Crippen LogP contribution in [0.15, 0.2) is 34.4 Å². The molecule has 132 valence electrons. The molecule has 1 aromatic carbocycles. The molecule has 3 heterocycles. The first-order valence-corrected chi connectivity index (χ1v) is 9.80. The average Bonchev–Trinajstić information content (AvgIpc) is 3.32. The lowest BCUT2D eigenvalue weighted by molar-refractivity contribution is -0.117. The molecule has 1 N–H and O–H groups in total. The van der Waals surface area contributed by atoms with E-state index in [4.69, 9.17) is 4.74 Å². The number of carbonyl (C=O) groups excluding carboxylic acids is 1. The van der Waals surface area contributed by atoms with Gasteiger partial charge in [-0.05, 0) is 37.0 Å². The van der Waals surface area contributed by atoms with E-state index in [9.17, 15) is 4.79 Å². The van der Waals surface area contributed by atoms with Crippen molar-refractivity contribution in [1.82, 2.24) is 5.43 Å². The van der Waals surface area contributed by atoms with Crippen LogP contribution in [-0.4, -0.2) is 48.3 Å². The number of carbonyl (C=O) groups is 1. The van der Waals surface area contributed by atoms with Crippen molar-refractivity contribution in [2.24, 2.45) is 10.1 Å². The Labute approximate surface area is 151 Å². The summed E-state index contributed by atoms with van der Waals surface area (Å²) < 4.78 is 5.59. The van der Waals surface area contributed by atoms with Gasteiger partial charge in [0, 0.05) is 31.0 Å². The number of benzene rings is 1. The third kappa shape index (κ3) is 3.88. The van der Waals surface area contributed by atoms with Crippen LogP contribution in [0.25, 0.3) is 0 Å². The Hall–Kier alpha value is -1.86. The number of amidine groups is 1. The topological polar surface area (TPSA) is 66.3 Å². The van der Waals surface area contributed by atoms with Crippen molar-refractivity contribution >= 4 is 34.2 Å².